The highest BCUT2D eigenvalue weighted by molar-refractivity contribution is 6.34. The number of aryl methyl sites for hydroxylation is 1. The minimum atomic E-state index is -0.411. The van der Waals surface area contributed by atoms with Crippen molar-refractivity contribution in [3.05, 3.63) is 70.9 Å². The maximum atomic E-state index is 12.2. The third-order valence-corrected chi connectivity index (χ3v) is 5.41. The molecule has 6 nitrogen and oxygen atoms in total. The molecular formula is C22H20ClN3O3. The van der Waals surface area contributed by atoms with Crippen LogP contribution in [-0.4, -0.2) is 21.6 Å². The topological polar surface area (TPSA) is 73.2 Å². The Morgan fingerprint density at radius 1 is 1.17 bits per heavy atom. The molecule has 2 amide bonds. The molecule has 1 aromatic heterocycles. The van der Waals surface area contributed by atoms with Crippen LogP contribution in [-0.2, 0) is 23.2 Å². The molecule has 7 heteroatoms. The van der Waals surface area contributed by atoms with E-state index in [2.05, 4.69) is 10.4 Å². The SMILES string of the molecule is Cn1ccc(OCc2ccc(-c3cccc(C4CCC(=O)NC4=O)c3Cl)cc2)n1. The first-order valence-corrected chi connectivity index (χ1v) is 9.73. The van der Waals surface area contributed by atoms with Crippen molar-refractivity contribution in [1.82, 2.24) is 15.1 Å². The maximum absolute atomic E-state index is 12.2. The molecule has 2 aromatic carbocycles. The van der Waals surface area contributed by atoms with Gasteiger partial charge in [0.1, 0.15) is 6.61 Å². The molecule has 148 valence electrons. The lowest BCUT2D eigenvalue weighted by Crippen LogP contribution is -2.39. The molecule has 3 aromatic rings. The Bertz CT molecular complexity index is 1060. The fourth-order valence-corrected chi connectivity index (χ4v) is 3.81. The van der Waals surface area contributed by atoms with Crippen LogP contribution < -0.4 is 10.1 Å². The van der Waals surface area contributed by atoms with E-state index >= 15 is 0 Å². The van der Waals surface area contributed by atoms with E-state index in [0.717, 1.165) is 22.3 Å². The van der Waals surface area contributed by atoms with Gasteiger partial charge in [0.15, 0.2) is 0 Å². The monoisotopic (exact) mass is 409 g/mol. The number of imide groups is 1. The number of nitrogens with one attached hydrogen (secondary N) is 1. The van der Waals surface area contributed by atoms with Crippen LogP contribution in [0.25, 0.3) is 11.1 Å². The van der Waals surface area contributed by atoms with Crippen LogP contribution in [0.4, 0.5) is 0 Å². The van der Waals surface area contributed by atoms with Crippen LogP contribution in [0.1, 0.15) is 29.9 Å². The van der Waals surface area contributed by atoms with Gasteiger partial charge in [-0.3, -0.25) is 19.6 Å². The fourth-order valence-electron chi connectivity index (χ4n) is 3.44. The van der Waals surface area contributed by atoms with E-state index in [4.69, 9.17) is 16.3 Å². The molecule has 2 heterocycles. The number of rotatable bonds is 5. The van der Waals surface area contributed by atoms with Crippen LogP contribution in [0.5, 0.6) is 5.88 Å². The molecule has 1 aliphatic rings. The molecule has 4 rings (SSSR count). The number of benzene rings is 2. The highest BCUT2D eigenvalue weighted by atomic mass is 35.5. The predicted octanol–water partition coefficient (Wildman–Crippen LogP) is 3.84. The van der Waals surface area contributed by atoms with Gasteiger partial charge in [0.25, 0.3) is 0 Å². The second kappa shape index (κ2) is 8.09. The van der Waals surface area contributed by atoms with Crippen molar-refractivity contribution in [2.75, 3.05) is 0 Å². The summed E-state index contributed by atoms with van der Waals surface area (Å²) in [6.07, 6.45) is 2.62. The molecule has 1 aliphatic heterocycles. The summed E-state index contributed by atoms with van der Waals surface area (Å²) in [5.74, 6) is -0.355. The molecule has 1 N–H and O–H groups in total. The normalized spacial score (nSPS) is 16.6. The third-order valence-electron chi connectivity index (χ3n) is 4.98. The molecule has 1 saturated heterocycles. The number of carbonyl (C=O) groups excluding carboxylic acids is 2. The minimum absolute atomic E-state index is 0.234. The Morgan fingerprint density at radius 2 is 1.97 bits per heavy atom. The average molecular weight is 410 g/mol. The van der Waals surface area contributed by atoms with Crippen molar-refractivity contribution in [3.8, 4) is 17.0 Å². The standard InChI is InChI=1S/C22H20ClN3O3/c1-26-12-11-20(25-26)29-13-14-5-7-15(8-6-14)16-3-2-4-17(21(16)23)18-9-10-19(27)24-22(18)28/h2-8,11-12,18H,9-10,13H2,1H3,(H,24,27,28). The summed E-state index contributed by atoms with van der Waals surface area (Å²) in [7, 11) is 1.84. The largest absolute Gasteiger partial charge is 0.472 e. The summed E-state index contributed by atoms with van der Waals surface area (Å²) in [5.41, 5.74) is 3.56. The summed E-state index contributed by atoms with van der Waals surface area (Å²) >= 11 is 6.66. The van der Waals surface area contributed by atoms with Crippen molar-refractivity contribution >= 4 is 23.4 Å². The van der Waals surface area contributed by atoms with Crippen LogP contribution >= 0.6 is 11.6 Å². The molecule has 0 aliphatic carbocycles. The highest BCUT2D eigenvalue weighted by Crippen LogP contribution is 2.37. The van der Waals surface area contributed by atoms with Crippen LogP contribution in [0.2, 0.25) is 5.02 Å². The third kappa shape index (κ3) is 4.17. The molecule has 1 atom stereocenters. The Morgan fingerprint density at radius 3 is 2.66 bits per heavy atom. The van der Waals surface area contributed by atoms with E-state index in [0.29, 0.717) is 30.4 Å². The van der Waals surface area contributed by atoms with Crippen LogP contribution in [0, 0.1) is 0 Å². The predicted molar refractivity (Wildman–Crippen MR) is 110 cm³/mol. The highest BCUT2D eigenvalue weighted by Gasteiger charge is 2.30. The lowest BCUT2D eigenvalue weighted by Gasteiger charge is -2.23. The van der Waals surface area contributed by atoms with Crippen molar-refractivity contribution in [2.24, 2.45) is 7.05 Å². The van der Waals surface area contributed by atoms with Gasteiger partial charge < -0.3 is 4.74 Å². The zero-order chi connectivity index (χ0) is 20.4. The first-order valence-electron chi connectivity index (χ1n) is 9.35. The smallest absolute Gasteiger partial charge is 0.234 e. The summed E-state index contributed by atoms with van der Waals surface area (Å²) in [6, 6.07) is 15.4. The first kappa shape index (κ1) is 19.2. The number of nitrogens with zero attached hydrogens (tertiary/aromatic N) is 2. The van der Waals surface area contributed by atoms with Gasteiger partial charge in [-0.05, 0) is 23.1 Å². The van der Waals surface area contributed by atoms with Crippen molar-refractivity contribution in [1.29, 1.82) is 0 Å². The van der Waals surface area contributed by atoms with Crippen molar-refractivity contribution in [3.63, 3.8) is 0 Å². The number of carbonyl (C=O) groups is 2. The molecule has 0 radical (unpaired) electrons. The van der Waals surface area contributed by atoms with Crippen molar-refractivity contribution in [2.45, 2.75) is 25.4 Å². The average Bonchev–Trinajstić information content (AvgIpc) is 3.13. The zero-order valence-electron chi connectivity index (χ0n) is 15.9. The van der Waals surface area contributed by atoms with E-state index in [1.165, 1.54) is 0 Å². The van der Waals surface area contributed by atoms with Crippen molar-refractivity contribution < 1.29 is 14.3 Å². The van der Waals surface area contributed by atoms with Gasteiger partial charge in [-0.1, -0.05) is 54.1 Å². The number of amides is 2. The number of hydrogen-bond donors (Lipinski definition) is 1. The molecule has 0 bridgehead atoms. The lowest BCUT2D eigenvalue weighted by molar-refractivity contribution is -0.134. The summed E-state index contributed by atoms with van der Waals surface area (Å²) < 4.78 is 7.36. The molecule has 29 heavy (non-hydrogen) atoms. The van der Waals surface area contributed by atoms with E-state index in [9.17, 15) is 9.59 Å². The summed E-state index contributed by atoms with van der Waals surface area (Å²) in [4.78, 5) is 23.6. The second-order valence-corrected chi connectivity index (χ2v) is 7.40. The first-order chi connectivity index (χ1) is 14.0. The van der Waals surface area contributed by atoms with Gasteiger partial charge >= 0.3 is 0 Å². The fraction of sp³-hybridized carbons (Fsp3) is 0.227. The molecular weight excluding hydrogens is 390 g/mol. The Kier molecular flexibility index (Phi) is 5.36. The van der Waals surface area contributed by atoms with Gasteiger partial charge in [-0.25, -0.2) is 0 Å². The molecule has 1 unspecified atom stereocenters. The number of piperidine rings is 1. The molecule has 1 fully saturated rings. The van der Waals surface area contributed by atoms with E-state index in [-0.39, 0.29) is 11.8 Å². The number of hydrogen-bond acceptors (Lipinski definition) is 4. The van der Waals surface area contributed by atoms with Crippen LogP contribution in [0.15, 0.2) is 54.7 Å². The minimum Gasteiger partial charge on any atom is -0.472 e. The summed E-state index contributed by atoms with van der Waals surface area (Å²) in [6.45, 7) is 0.418. The number of ether oxygens (including phenoxy) is 1. The maximum Gasteiger partial charge on any atom is 0.234 e. The van der Waals surface area contributed by atoms with Gasteiger partial charge in [0.2, 0.25) is 17.7 Å². The Balaban J connectivity index is 1.52. The Labute approximate surface area is 173 Å². The number of aromatic nitrogens is 2. The molecule has 0 saturated carbocycles. The van der Waals surface area contributed by atoms with Gasteiger partial charge in [0.05, 0.1) is 10.9 Å². The van der Waals surface area contributed by atoms with E-state index in [1.807, 2.05) is 61.8 Å². The van der Waals surface area contributed by atoms with Gasteiger partial charge in [0, 0.05) is 31.3 Å². The quantitative estimate of drug-likeness (QED) is 0.650. The second-order valence-electron chi connectivity index (χ2n) is 7.03. The van der Waals surface area contributed by atoms with E-state index in [1.54, 1.807) is 4.68 Å². The zero-order valence-corrected chi connectivity index (χ0v) is 16.6. The lowest BCUT2D eigenvalue weighted by atomic mass is 9.88. The van der Waals surface area contributed by atoms with E-state index < -0.39 is 5.92 Å². The van der Waals surface area contributed by atoms with Gasteiger partial charge in [-0.15, -0.1) is 5.10 Å². The Hall–Kier alpha value is -3.12. The number of halogens is 1. The summed E-state index contributed by atoms with van der Waals surface area (Å²) in [5, 5.41) is 7.13. The molecule has 0 spiro atoms. The van der Waals surface area contributed by atoms with Gasteiger partial charge in [-0.2, -0.15) is 0 Å². The van der Waals surface area contributed by atoms with Crippen LogP contribution in [0.3, 0.4) is 0 Å².